The van der Waals surface area contributed by atoms with Gasteiger partial charge in [-0.2, -0.15) is 0 Å². The molecule has 6 nitrogen and oxygen atoms in total. The molecule has 0 radical (unpaired) electrons. The predicted molar refractivity (Wildman–Crippen MR) is 134 cm³/mol. The van der Waals surface area contributed by atoms with E-state index in [4.69, 9.17) is 19.3 Å². The molecule has 4 unspecified atom stereocenters. The van der Waals surface area contributed by atoms with Crippen LogP contribution in [-0.2, 0) is 20.7 Å². The summed E-state index contributed by atoms with van der Waals surface area (Å²) in [5.41, 5.74) is 1.40. The van der Waals surface area contributed by atoms with Crippen molar-refractivity contribution in [3.05, 3.63) is 29.8 Å². The summed E-state index contributed by atoms with van der Waals surface area (Å²) in [5.74, 6) is 1.52. The molecule has 1 N–H and O–H groups in total. The molecule has 1 aromatic carbocycles. The number of ether oxygens (including phenoxy) is 3. The maximum atomic E-state index is 10.4. The van der Waals surface area contributed by atoms with Gasteiger partial charge in [-0.3, -0.25) is 4.79 Å². The Morgan fingerprint density at radius 1 is 1.24 bits per heavy atom. The standard InChI is InChI=1S/C15H26O2.C13H19NO3/c1-11(2)7-8-13-14(3,17-13)12-6-4-5-9-15(12)10-16-15;1-14(2)9-10-17-12-6-3-11(4-7-12)5-8-13(15)16/h11-13H,4-10H2,1-3H3;3-4,6-7H,5,8-10H2,1-2H3,(H,15,16). The van der Waals surface area contributed by atoms with Crippen LogP contribution in [0.25, 0.3) is 0 Å². The van der Waals surface area contributed by atoms with Crippen LogP contribution in [0.1, 0.15) is 71.3 Å². The largest absolute Gasteiger partial charge is 0.492 e. The van der Waals surface area contributed by atoms with E-state index in [-0.39, 0.29) is 17.6 Å². The van der Waals surface area contributed by atoms with Gasteiger partial charge in [0.2, 0.25) is 0 Å². The number of carbonyl (C=O) groups is 1. The maximum Gasteiger partial charge on any atom is 0.303 e. The van der Waals surface area contributed by atoms with Crippen molar-refractivity contribution in [1.82, 2.24) is 4.90 Å². The minimum absolute atomic E-state index is 0.145. The van der Waals surface area contributed by atoms with E-state index < -0.39 is 5.97 Å². The second-order valence-electron chi connectivity index (χ2n) is 11.1. The Hall–Kier alpha value is -1.63. The summed E-state index contributed by atoms with van der Waals surface area (Å²) >= 11 is 0. The number of aliphatic carboxylic acids is 1. The first-order valence-electron chi connectivity index (χ1n) is 13.0. The van der Waals surface area contributed by atoms with Crippen LogP contribution in [-0.4, -0.2) is 67.1 Å². The third-order valence-corrected chi connectivity index (χ3v) is 7.53. The highest BCUT2D eigenvalue weighted by molar-refractivity contribution is 5.67. The van der Waals surface area contributed by atoms with Crippen LogP contribution >= 0.6 is 0 Å². The van der Waals surface area contributed by atoms with Gasteiger partial charge in [0.15, 0.2) is 0 Å². The van der Waals surface area contributed by atoms with Gasteiger partial charge < -0.3 is 24.2 Å². The number of epoxide rings is 2. The Labute approximate surface area is 206 Å². The third-order valence-electron chi connectivity index (χ3n) is 7.53. The maximum absolute atomic E-state index is 10.4. The second-order valence-corrected chi connectivity index (χ2v) is 11.1. The van der Waals surface area contributed by atoms with E-state index in [9.17, 15) is 4.79 Å². The fraction of sp³-hybridized carbons (Fsp3) is 0.750. The van der Waals surface area contributed by atoms with Crippen molar-refractivity contribution in [1.29, 1.82) is 0 Å². The van der Waals surface area contributed by atoms with Crippen molar-refractivity contribution in [2.45, 2.75) is 89.4 Å². The number of benzene rings is 1. The van der Waals surface area contributed by atoms with Crippen LogP contribution < -0.4 is 4.74 Å². The molecule has 3 aliphatic rings. The lowest BCUT2D eigenvalue weighted by molar-refractivity contribution is -0.136. The zero-order valence-electron chi connectivity index (χ0n) is 21.8. The minimum Gasteiger partial charge on any atom is -0.492 e. The van der Waals surface area contributed by atoms with Crippen molar-refractivity contribution in [3.63, 3.8) is 0 Å². The van der Waals surface area contributed by atoms with Crippen LogP contribution in [0, 0.1) is 11.8 Å². The zero-order chi connectivity index (χ0) is 24.8. The number of likely N-dealkylation sites (N-methyl/N-ethyl adjacent to an activating group) is 1. The highest BCUT2D eigenvalue weighted by atomic mass is 16.6. The summed E-state index contributed by atoms with van der Waals surface area (Å²) in [6.07, 6.45) is 9.07. The van der Waals surface area contributed by atoms with E-state index in [2.05, 4.69) is 25.7 Å². The second kappa shape index (κ2) is 11.9. The molecule has 2 aliphatic heterocycles. The first-order valence-corrected chi connectivity index (χ1v) is 13.0. The van der Waals surface area contributed by atoms with Gasteiger partial charge in [0.1, 0.15) is 12.4 Å². The molecule has 0 aromatic heterocycles. The smallest absolute Gasteiger partial charge is 0.303 e. The summed E-state index contributed by atoms with van der Waals surface area (Å²) in [5, 5.41) is 8.57. The molecule has 34 heavy (non-hydrogen) atoms. The van der Waals surface area contributed by atoms with Gasteiger partial charge >= 0.3 is 5.97 Å². The Morgan fingerprint density at radius 3 is 2.53 bits per heavy atom. The molecule has 0 bridgehead atoms. The molecule has 4 rings (SSSR count). The summed E-state index contributed by atoms with van der Waals surface area (Å²) in [6, 6.07) is 7.58. The van der Waals surface area contributed by atoms with Crippen LogP contribution in [0.5, 0.6) is 5.75 Å². The molecule has 192 valence electrons. The minimum atomic E-state index is -0.767. The van der Waals surface area contributed by atoms with Crippen LogP contribution in [0.15, 0.2) is 24.3 Å². The molecule has 2 heterocycles. The quantitative estimate of drug-likeness (QED) is 0.444. The summed E-state index contributed by atoms with van der Waals surface area (Å²) in [7, 11) is 4.00. The van der Waals surface area contributed by atoms with E-state index in [1.807, 2.05) is 38.4 Å². The van der Waals surface area contributed by atoms with Crippen molar-refractivity contribution >= 4 is 5.97 Å². The van der Waals surface area contributed by atoms with E-state index in [1.165, 1.54) is 38.5 Å². The number of hydrogen-bond acceptors (Lipinski definition) is 5. The number of carboxylic acid groups (broad SMARTS) is 1. The van der Waals surface area contributed by atoms with Gasteiger partial charge in [-0.1, -0.05) is 38.8 Å². The number of nitrogens with zero attached hydrogens (tertiary/aromatic N) is 1. The Morgan fingerprint density at radius 2 is 1.94 bits per heavy atom. The SMILES string of the molecule is CC(C)CCC1OC1(C)C1CCCCC12CO2.CN(C)CCOc1ccc(CCC(=O)O)cc1. The molecular formula is C28H45NO5. The first kappa shape index (κ1) is 27.0. The number of rotatable bonds is 11. The van der Waals surface area contributed by atoms with Gasteiger partial charge in [0.05, 0.1) is 23.9 Å². The van der Waals surface area contributed by atoms with Crippen LogP contribution in [0.3, 0.4) is 0 Å². The van der Waals surface area contributed by atoms with Gasteiger partial charge in [-0.25, -0.2) is 0 Å². The lowest BCUT2D eigenvalue weighted by Crippen LogP contribution is -2.39. The molecule has 4 atom stereocenters. The average molecular weight is 476 g/mol. The van der Waals surface area contributed by atoms with Gasteiger partial charge in [-0.15, -0.1) is 0 Å². The number of hydrogen-bond donors (Lipinski definition) is 1. The Kier molecular flexibility index (Phi) is 9.41. The lowest BCUT2D eigenvalue weighted by atomic mass is 9.71. The normalized spacial score (nSPS) is 29.6. The topological polar surface area (TPSA) is 74.8 Å². The van der Waals surface area contributed by atoms with Gasteiger partial charge in [0.25, 0.3) is 0 Å². The summed E-state index contributed by atoms with van der Waals surface area (Å²) < 4.78 is 17.4. The number of carboxylic acids is 1. The molecule has 3 fully saturated rings. The Balaban J connectivity index is 0.000000191. The van der Waals surface area contributed by atoms with Crippen molar-refractivity contribution in [2.24, 2.45) is 11.8 Å². The van der Waals surface area contributed by atoms with Crippen molar-refractivity contribution < 1.29 is 24.1 Å². The summed E-state index contributed by atoms with van der Waals surface area (Å²) in [6.45, 7) is 9.45. The third kappa shape index (κ3) is 7.69. The lowest BCUT2D eigenvalue weighted by Gasteiger charge is -2.32. The van der Waals surface area contributed by atoms with Crippen molar-refractivity contribution in [3.8, 4) is 5.75 Å². The molecule has 6 heteroatoms. The average Bonchev–Trinajstić information content (AvgIpc) is 3.70. The molecule has 1 aromatic rings. The molecule has 0 amide bonds. The molecule has 2 saturated heterocycles. The molecule has 1 aliphatic carbocycles. The van der Waals surface area contributed by atoms with Crippen molar-refractivity contribution in [2.75, 3.05) is 33.9 Å². The van der Waals surface area contributed by atoms with Gasteiger partial charge in [-0.05, 0) is 76.7 Å². The van der Waals surface area contributed by atoms with E-state index in [0.29, 0.717) is 25.0 Å². The zero-order valence-corrected chi connectivity index (χ0v) is 21.8. The van der Waals surface area contributed by atoms with Crippen LogP contribution in [0.2, 0.25) is 0 Å². The first-order chi connectivity index (χ1) is 16.1. The fourth-order valence-corrected chi connectivity index (χ4v) is 5.22. The van der Waals surface area contributed by atoms with E-state index in [0.717, 1.165) is 30.4 Å². The van der Waals surface area contributed by atoms with E-state index >= 15 is 0 Å². The Bertz CT molecular complexity index is 774. The molecule has 1 saturated carbocycles. The monoisotopic (exact) mass is 475 g/mol. The number of aryl methyl sites for hydroxylation is 1. The highest BCUT2D eigenvalue weighted by Crippen LogP contribution is 2.58. The summed E-state index contributed by atoms with van der Waals surface area (Å²) in [4.78, 5) is 12.5. The predicted octanol–water partition coefficient (Wildman–Crippen LogP) is 5.18. The van der Waals surface area contributed by atoms with E-state index in [1.54, 1.807) is 0 Å². The van der Waals surface area contributed by atoms with Gasteiger partial charge in [0, 0.05) is 18.9 Å². The van der Waals surface area contributed by atoms with Crippen LogP contribution in [0.4, 0.5) is 0 Å². The molecular weight excluding hydrogens is 430 g/mol. The fourth-order valence-electron chi connectivity index (χ4n) is 5.22. The molecule has 1 spiro atoms. The highest BCUT2D eigenvalue weighted by Gasteiger charge is 2.67.